The standard InChI is InChI=1S/C18H23FN2O5/c1-11(2)20-16(23)10-26-18(25)15-8-13(22)9-21(15)17(24)7-12-5-3-4-6-14(12)19/h3-6,11,13,15,22H,7-10H2,1-2H3,(H,20,23). The second-order valence-corrected chi connectivity index (χ2v) is 6.55. The van der Waals surface area contributed by atoms with Crippen LogP contribution < -0.4 is 5.32 Å². The van der Waals surface area contributed by atoms with Crippen molar-refractivity contribution in [3.05, 3.63) is 35.6 Å². The minimum atomic E-state index is -0.990. The summed E-state index contributed by atoms with van der Waals surface area (Å²) in [7, 11) is 0. The molecule has 0 bridgehead atoms. The van der Waals surface area contributed by atoms with Crippen molar-refractivity contribution >= 4 is 17.8 Å². The molecule has 1 aliphatic heterocycles. The summed E-state index contributed by atoms with van der Waals surface area (Å²) < 4.78 is 18.7. The quantitative estimate of drug-likeness (QED) is 0.711. The molecule has 0 aliphatic carbocycles. The molecular formula is C18H23FN2O5. The number of benzene rings is 1. The van der Waals surface area contributed by atoms with Crippen molar-refractivity contribution < 1.29 is 28.6 Å². The number of likely N-dealkylation sites (tertiary alicyclic amines) is 1. The first-order valence-corrected chi connectivity index (χ1v) is 8.45. The first-order valence-electron chi connectivity index (χ1n) is 8.45. The lowest BCUT2D eigenvalue weighted by Gasteiger charge is -2.23. The maximum absolute atomic E-state index is 13.7. The van der Waals surface area contributed by atoms with E-state index in [-0.39, 0.29) is 31.0 Å². The van der Waals surface area contributed by atoms with Gasteiger partial charge in [-0.25, -0.2) is 9.18 Å². The van der Waals surface area contributed by atoms with E-state index in [0.29, 0.717) is 0 Å². The van der Waals surface area contributed by atoms with Gasteiger partial charge in [0.1, 0.15) is 11.9 Å². The number of aliphatic hydroxyl groups is 1. The molecule has 8 heteroatoms. The van der Waals surface area contributed by atoms with Gasteiger partial charge >= 0.3 is 5.97 Å². The molecule has 2 rings (SSSR count). The van der Waals surface area contributed by atoms with Crippen LogP contribution in [0.1, 0.15) is 25.8 Å². The van der Waals surface area contributed by atoms with Gasteiger partial charge in [-0.1, -0.05) is 18.2 Å². The SMILES string of the molecule is CC(C)NC(=O)COC(=O)C1CC(O)CN1C(=O)Cc1ccccc1F. The normalized spacial score (nSPS) is 19.5. The summed E-state index contributed by atoms with van der Waals surface area (Å²) in [6, 6.07) is 4.79. The van der Waals surface area contributed by atoms with Crippen LogP contribution in [0.5, 0.6) is 0 Å². The average molecular weight is 366 g/mol. The number of hydrogen-bond donors (Lipinski definition) is 2. The van der Waals surface area contributed by atoms with Gasteiger partial charge in [0.2, 0.25) is 5.91 Å². The fraction of sp³-hybridized carbons (Fsp3) is 0.500. The first kappa shape index (κ1) is 19.8. The number of ether oxygens (including phenoxy) is 1. The summed E-state index contributed by atoms with van der Waals surface area (Å²) in [5.74, 6) is -2.20. The second-order valence-electron chi connectivity index (χ2n) is 6.55. The lowest BCUT2D eigenvalue weighted by Crippen LogP contribution is -2.43. The summed E-state index contributed by atoms with van der Waals surface area (Å²) in [6.45, 7) is 3.05. The molecule has 142 valence electrons. The van der Waals surface area contributed by atoms with Gasteiger partial charge in [0.05, 0.1) is 12.5 Å². The Morgan fingerprint density at radius 2 is 2.04 bits per heavy atom. The number of hydrogen-bond acceptors (Lipinski definition) is 5. The number of aliphatic hydroxyl groups excluding tert-OH is 1. The molecule has 2 unspecified atom stereocenters. The number of nitrogens with zero attached hydrogens (tertiary/aromatic N) is 1. The first-order chi connectivity index (χ1) is 12.3. The van der Waals surface area contributed by atoms with Gasteiger partial charge in [-0.05, 0) is 25.5 Å². The third-order valence-corrected chi connectivity index (χ3v) is 3.97. The van der Waals surface area contributed by atoms with Gasteiger partial charge in [-0.2, -0.15) is 0 Å². The number of amides is 2. The molecule has 1 saturated heterocycles. The highest BCUT2D eigenvalue weighted by molar-refractivity contribution is 5.88. The number of halogens is 1. The number of rotatable bonds is 6. The van der Waals surface area contributed by atoms with E-state index in [4.69, 9.17) is 4.74 Å². The van der Waals surface area contributed by atoms with Gasteiger partial charge in [0.15, 0.2) is 6.61 Å². The second kappa shape index (κ2) is 8.75. The Kier molecular flexibility index (Phi) is 6.68. The van der Waals surface area contributed by atoms with E-state index < -0.39 is 42.4 Å². The van der Waals surface area contributed by atoms with Crippen molar-refractivity contribution in [1.29, 1.82) is 0 Å². The Morgan fingerprint density at radius 1 is 1.35 bits per heavy atom. The van der Waals surface area contributed by atoms with Gasteiger partial charge in [-0.15, -0.1) is 0 Å². The van der Waals surface area contributed by atoms with E-state index in [1.165, 1.54) is 23.1 Å². The van der Waals surface area contributed by atoms with Crippen molar-refractivity contribution in [2.24, 2.45) is 0 Å². The highest BCUT2D eigenvalue weighted by Gasteiger charge is 2.40. The van der Waals surface area contributed by atoms with Crippen molar-refractivity contribution in [3.8, 4) is 0 Å². The number of nitrogens with one attached hydrogen (secondary N) is 1. The molecule has 1 heterocycles. The molecule has 0 radical (unpaired) electrons. The summed E-state index contributed by atoms with van der Waals surface area (Å²) in [4.78, 5) is 37.5. The molecule has 7 nitrogen and oxygen atoms in total. The Hall–Kier alpha value is -2.48. The Labute approximate surface area is 151 Å². The third kappa shape index (κ3) is 5.26. The van der Waals surface area contributed by atoms with Crippen LogP contribution in [0.25, 0.3) is 0 Å². The molecule has 1 aromatic rings. The molecule has 1 aromatic carbocycles. The lowest BCUT2D eigenvalue weighted by atomic mass is 10.1. The molecule has 1 fully saturated rings. The minimum absolute atomic E-state index is 0.0215. The molecule has 0 aromatic heterocycles. The van der Waals surface area contributed by atoms with Crippen LogP contribution >= 0.6 is 0 Å². The highest BCUT2D eigenvalue weighted by Crippen LogP contribution is 2.21. The van der Waals surface area contributed by atoms with Gasteiger partial charge in [0, 0.05) is 19.0 Å². The van der Waals surface area contributed by atoms with E-state index >= 15 is 0 Å². The van der Waals surface area contributed by atoms with Crippen LogP contribution in [0.4, 0.5) is 4.39 Å². The van der Waals surface area contributed by atoms with Crippen LogP contribution in [-0.2, 0) is 25.5 Å². The highest BCUT2D eigenvalue weighted by atomic mass is 19.1. The predicted molar refractivity (Wildman–Crippen MR) is 90.5 cm³/mol. The number of β-amino-alcohol motifs (C(OH)–C–C–N with tert-alkyl or cyclic N) is 1. The van der Waals surface area contributed by atoms with Gasteiger partial charge in [0.25, 0.3) is 5.91 Å². The van der Waals surface area contributed by atoms with Gasteiger partial charge < -0.3 is 20.1 Å². The number of carbonyl (C=O) groups excluding carboxylic acids is 3. The van der Waals surface area contributed by atoms with Gasteiger partial charge in [-0.3, -0.25) is 9.59 Å². The maximum atomic E-state index is 13.7. The van der Waals surface area contributed by atoms with Crippen LogP contribution in [0.2, 0.25) is 0 Å². The fourth-order valence-electron chi connectivity index (χ4n) is 2.82. The zero-order chi connectivity index (χ0) is 19.3. The van der Waals surface area contributed by atoms with Crippen LogP contribution in [-0.4, -0.2) is 59.1 Å². The van der Waals surface area contributed by atoms with E-state index in [0.717, 1.165) is 0 Å². The predicted octanol–water partition coefficient (Wildman–Crippen LogP) is 0.398. The maximum Gasteiger partial charge on any atom is 0.329 e. The number of esters is 1. The summed E-state index contributed by atoms with van der Waals surface area (Å²) in [5, 5.41) is 12.4. The molecular weight excluding hydrogens is 343 g/mol. The Morgan fingerprint density at radius 3 is 2.69 bits per heavy atom. The van der Waals surface area contributed by atoms with Crippen LogP contribution in [0.3, 0.4) is 0 Å². The van der Waals surface area contributed by atoms with Crippen molar-refractivity contribution in [2.75, 3.05) is 13.2 Å². The molecule has 26 heavy (non-hydrogen) atoms. The van der Waals surface area contributed by atoms with Crippen molar-refractivity contribution in [2.45, 2.75) is 44.9 Å². The fourth-order valence-corrected chi connectivity index (χ4v) is 2.82. The van der Waals surface area contributed by atoms with Crippen molar-refractivity contribution in [1.82, 2.24) is 10.2 Å². The lowest BCUT2D eigenvalue weighted by molar-refractivity contribution is -0.156. The van der Waals surface area contributed by atoms with E-state index in [2.05, 4.69) is 5.32 Å². The monoisotopic (exact) mass is 366 g/mol. The zero-order valence-electron chi connectivity index (χ0n) is 14.8. The molecule has 2 N–H and O–H groups in total. The van der Waals surface area contributed by atoms with Crippen molar-refractivity contribution in [3.63, 3.8) is 0 Å². The van der Waals surface area contributed by atoms with E-state index in [9.17, 15) is 23.9 Å². The molecule has 2 atom stereocenters. The van der Waals surface area contributed by atoms with E-state index in [1.54, 1.807) is 19.9 Å². The van der Waals surface area contributed by atoms with Crippen LogP contribution in [0, 0.1) is 5.82 Å². The average Bonchev–Trinajstić information content (AvgIpc) is 2.96. The third-order valence-electron chi connectivity index (χ3n) is 3.97. The van der Waals surface area contributed by atoms with Crippen LogP contribution in [0.15, 0.2) is 24.3 Å². The molecule has 0 saturated carbocycles. The summed E-state index contributed by atoms with van der Waals surface area (Å²) in [6.07, 6.45) is -1.08. The summed E-state index contributed by atoms with van der Waals surface area (Å²) >= 11 is 0. The topological polar surface area (TPSA) is 95.9 Å². The smallest absolute Gasteiger partial charge is 0.329 e. The molecule has 1 aliphatic rings. The minimum Gasteiger partial charge on any atom is -0.454 e. The molecule has 2 amide bonds. The largest absolute Gasteiger partial charge is 0.454 e. The Bertz CT molecular complexity index is 679. The van der Waals surface area contributed by atoms with E-state index in [1.807, 2.05) is 0 Å². The zero-order valence-corrected chi connectivity index (χ0v) is 14.8. The summed E-state index contributed by atoms with van der Waals surface area (Å²) in [5.41, 5.74) is 0.210. The number of carbonyl (C=O) groups is 3. The molecule has 0 spiro atoms. The Balaban J connectivity index is 1.98.